The SMILES string of the molecule is CC(C)c1cc(Br)cc2cc[nH]c12. The van der Waals surface area contributed by atoms with Crippen LogP contribution in [-0.4, -0.2) is 4.98 Å². The molecule has 0 radical (unpaired) electrons. The second-order valence-corrected chi connectivity index (χ2v) is 4.51. The smallest absolute Gasteiger partial charge is 0.0489 e. The standard InChI is InChI=1S/C11H12BrN/c1-7(2)10-6-9(12)5-8-3-4-13-11(8)10/h3-7,13H,1-2H3. The maximum absolute atomic E-state index is 3.52. The molecule has 0 atom stereocenters. The number of H-pyrrole nitrogens is 1. The van der Waals surface area contributed by atoms with Gasteiger partial charge < -0.3 is 4.98 Å². The molecule has 2 aromatic rings. The second-order valence-electron chi connectivity index (χ2n) is 3.59. The summed E-state index contributed by atoms with van der Waals surface area (Å²) in [5.41, 5.74) is 2.63. The van der Waals surface area contributed by atoms with E-state index < -0.39 is 0 Å². The molecule has 1 nitrogen and oxygen atoms in total. The summed E-state index contributed by atoms with van der Waals surface area (Å²) in [7, 11) is 0. The highest BCUT2D eigenvalue weighted by atomic mass is 79.9. The van der Waals surface area contributed by atoms with Crippen molar-refractivity contribution in [2.24, 2.45) is 0 Å². The fraction of sp³-hybridized carbons (Fsp3) is 0.273. The van der Waals surface area contributed by atoms with Crippen LogP contribution in [0, 0.1) is 0 Å². The zero-order chi connectivity index (χ0) is 9.42. The Morgan fingerprint density at radius 3 is 2.77 bits per heavy atom. The molecule has 1 heterocycles. The summed E-state index contributed by atoms with van der Waals surface area (Å²) in [4.78, 5) is 3.28. The first kappa shape index (κ1) is 8.82. The molecule has 0 aliphatic heterocycles. The highest BCUT2D eigenvalue weighted by molar-refractivity contribution is 9.10. The van der Waals surface area contributed by atoms with Crippen LogP contribution in [0.5, 0.6) is 0 Å². The molecular weight excluding hydrogens is 226 g/mol. The summed E-state index contributed by atoms with van der Waals surface area (Å²) >= 11 is 3.52. The van der Waals surface area contributed by atoms with Crippen molar-refractivity contribution in [3.8, 4) is 0 Å². The Balaban J connectivity index is 2.77. The van der Waals surface area contributed by atoms with Crippen molar-refractivity contribution < 1.29 is 0 Å². The number of halogens is 1. The minimum absolute atomic E-state index is 0.554. The minimum Gasteiger partial charge on any atom is -0.361 e. The first-order chi connectivity index (χ1) is 6.18. The van der Waals surface area contributed by atoms with Crippen LogP contribution in [-0.2, 0) is 0 Å². The van der Waals surface area contributed by atoms with E-state index in [4.69, 9.17) is 0 Å². The minimum atomic E-state index is 0.554. The zero-order valence-electron chi connectivity index (χ0n) is 7.76. The number of benzene rings is 1. The van der Waals surface area contributed by atoms with Crippen LogP contribution in [0.4, 0.5) is 0 Å². The highest BCUT2D eigenvalue weighted by Crippen LogP contribution is 2.28. The van der Waals surface area contributed by atoms with Gasteiger partial charge in [-0.1, -0.05) is 29.8 Å². The van der Waals surface area contributed by atoms with Crippen molar-refractivity contribution in [2.75, 3.05) is 0 Å². The van der Waals surface area contributed by atoms with Crippen LogP contribution in [0.3, 0.4) is 0 Å². The van der Waals surface area contributed by atoms with E-state index in [1.807, 2.05) is 6.20 Å². The monoisotopic (exact) mass is 237 g/mol. The van der Waals surface area contributed by atoms with Crippen molar-refractivity contribution in [3.05, 3.63) is 34.4 Å². The van der Waals surface area contributed by atoms with E-state index >= 15 is 0 Å². The summed E-state index contributed by atoms with van der Waals surface area (Å²) in [5.74, 6) is 0.554. The molecule has 2 rings (SSSR count). The third-order valence-corrected chi connectivity index (χ3v) is 2.73. The van der Waals surface area contributed by atoms with E-state index in [-0.39, 0.29) is 0 Å². The maximum Gasteiger partial charge on any atom is 0.0489 e. The van der Waals surface area contributed by atoms with E-state index in [1.54, 1.807) is 0 Å². The summed E-state index contributed by atoms with van der Waals surface area (Å²) in [5, 5.41) is 1.28. The van der Waals surface area contributed by atoms with Gasteiger partial charge in [0.05, 0.1) is 0 Å². The number of rotatable bonds is 1. The molecule has 13 heavy (non-hydrogen) atoms. The average molecular weight is 238 g/mol. The Morgan fingerprint density at radius 2 is 2.08 bits per heavy atom. The van der Waals surface area contributed by atoms with Crippen LogP contribution in [0.1, 0.15) is 25.3 Å². The van der Waals surface area contributed by atoms with E-state index in [0.717, 1.165) is 4.47 Å². The van der Waals surface area contributed by atoms with Gasteiger partial charge in [0.2, 0.25) is 0 Å². The van der Waals surface area contributed by atoms with Gasteiger partial charge in [0.25, 0.3) is 0 Å². The zero-order valence-corrected chi connectivity index (χ0v) is 9.35. The molecule has 0 bridgehead atoms. The fourth-order valence-corrected chi connectivity index (χ4v) is 2.11. The van der Waals surface area contributed by atoms with Crippen LogP contribution in [0.15, 0.2) is 28.9 Å². The molecule has 0 fully saturated rings. The van der Waals surface area contributed by atoms with Crippen LogP contribution >= 0.6 is 15.9 Å². The van der Waals surface area contributed by atoms with Gasteiger partial charge >= 0.3 is 0 Å². The Bertz CT molecular complexity index is 429. The largest absolute Gasteiger partial charge is 0.361 e. The third kappa shape index (κ3) is 1.51. The summed E-state index contributed by atoms with van der Waals surface area (Å²) in [6.45, 7) is 4.42. The summed E-state index contributed by atoms with van der Waals surface area (Å²) in [6.07, 6.45) is 1.99. The molecule has 1 aromatic heterocycles. The number of hydrogen-bond donors (Lipinski definition) is 1. The number of hydrogen-bond acceptors (Lipinski definition) is 0. The van der Waals surface area contributed by atoms with Gasteiger partial charge in [-0.2, -0.15) is 0 Å². The predicted molar refractivity (Wildman–Crippen MR) is 60.1 cm³/mol. The third-order valence-electron chi connectivity index (χ3n) is 2.28. The van der Waals surface area contributed by atoms with Crippen molar-refractivity contribution >= 4 is 26.8 Å². The van der Waals surface area contributed by atoms with E-state index in [2.05, 4.69) is 53.0 Å². The van der Waals surface area contributed by atoms with Crippen LogP contribution < -0.4 is 0 Å². The van der Waals surface area contributed by atoms with Crippen LogP contribution in [0.25, 0.3) is 10.9 Å². The lowest BCUT2D eigenvalue weighted by Crippen LogP contribution is -1.88. The van der Waals surface area contributed by atoms with E-state index in [9.17, 15) is 0 Å². The lowest BCUT2D eigenvalue weighted by Gasteiger charge is -2.07. The van der Waals surface area contributed by atoms with Gasteiger partial charge in [0, 0.05) is 21.6 Å². The average Bonchev–Trinajstić information content (AvgIpc) is 2.49. The first-order valence-corrected chi connectivity index (χ1v) is 5.24. The molecule has 0 aliphatic rings. The van der Waals surface area contributed by atoms with Gasteiger partial charge in [-0.05, 0) is 29.7 Å². The normalized spacial score (nSPS) is 11.4. The van der Waals surface area contributed by atoms with Crippen molar-refractivity contribution in [1.29, 1.82) is 0 Å². The molecule has 0 aliphatic carbocycles. The van der Waals surface area contributed by atoms with Crippen LogP contribution in [0.2, 0.25) is 0 Å². The van der Waals surface area contributed by atoms with Gasteiger partial charge in [-0.25, -0.2) is 0 Å². The Morgan fingerprint density at radius 1 is 1.31 bits per heavy atom. The molecule has 0 unspecified atom stereocenters. The predicted octanol–water partition coefficient (Wildman–Crippen LogP) is 4.05. The van der Waals surface area contributed by atoms with Crippen molar-refractivity contribution in [3.63, 3.8) is 0 Å². The molecule has 0 spiro atoms. The number of nitrogens with one attached hydrogen (secondary N) is 1. The Hall–Kier alpha value is -0.760. The first-order valence-electron chi connectivity index (χ1n) is 4.45. The Labute approximate surface area is 86.3 Å². The number of fused-ring (bicyclic) bond motifs is 1. The maximum atomic E-state index is 3.52. The number of aromatic nitrogens is 1. The molecular formula is C11H12BrN. The lowest BCUT2D eigenvalue weighted by molar-refractivity contribution is 0.873. The van der Waals surface area contributed by atoms with Gasteiger partial charge in [0.15, 0.2) is 0 Å². The van der Waals surface area contributed by atoms with Gasteiger partial charge in [-0.3, -0.25) is 0 Å². The molecule has 0 saturated carbocycles. The Kier molecular flexibility index (Phi) is 2.16. The topological polar surface area (TPSA) is 15.8 Å². The van der Waals surface area contributed by atoms with E-state index in [0.29, 0.717) is 5.92 Å². The van der Waals surface area contributed by atoms with Gasteiger partial charge in [0.1, 0.15) is 0 Å². The molecule has 0 amide bonds. The van der Waals surface area contributed by atoms with Crippen molar-refractivity contribution in [2.45, 2.75) is 19.8 Å². The van der Waals surface area contributed by atoms with Gasteiger partial charge in [-0.15, -0.1) is 0 Å². The highest BCUT2D eigenvalue weighted by Gasteiger charge is 2.06. The molecule has 0 saturated heterocycles. The summed E-state index contributed by atoms with van der Waals surface area (Å²) < 4.78 is 1.16. The van der Waals surface area contributed by atoms with Crippen molar-refractivity contribution in [1.82, 2.24) is 4.98 Å². The quantitative estimate of drug-likeness (QED) is 0.771. The molecule has 2 heteroatoms. The molecule has 1 aromatic carbocycles. The summed E-state index contributed by atoms with van der Waals surface area (Å²) in [6, 6.07) is 6.42. The molecule has 68 valence electrons. The number of aromatic amines is 1. The van der Waals surface area contributed by atoms with E-state index in [1.165, 1.54) is 16.5 Å². The lowest BCUT2D eigenvalue weighted by atomic mass is 10.0. The second kappa shape index (κ2) is 3.18. The molecule has 1 N–H and O–H groups in total. The fourth-order valence-electron chi connectivity index (χ4n) is 1.62.